The van der Waals surface area contributed by atoms with E-state index in [1.54, 1.807) is 42.8 Å². The Morgan fingerprint density at radius 3 is 2.43 bits per heavy atom. The molecule has 0 unspecified atom stereocenters. The van der Waals surface area contributed by atoms with Crippen LogP contribution in [0.1, 0.15) is 34.1 Å². The van der Waals surface area contributed by atoms with Crippen LogP contribution in [0.3, 0.4) is 0 Å². The van der Waals surface area contributed by atoms with Crippen molar-refractivity contribution < 1.29 is 14.3 Å². The van der Waals surface area contributed by atoms with Gasteiger partial charge in [-0.2, -0.15) is 0 Å². The number of carbonyl (C=O) groups excluding carboxylic acids is 2. The van der Waals surface area contributed by atoms with E-state index in [4.69, 9.17) is 16.3 Å². The van der Waals surface area contributed by atoms with Gasteiger partial charge in [-0.3, -0.25) is 9.59 Å². The van der Waals surface area contributed by atoms with Gasteiger partial charge in [0.15, 0.2) is 0 Å². The van der Waals surface area contributed by atoms with Gasteiger partial charge in [-0.1, -0.05) is 11.6 Å². The number of halogens is 1. The summed E-state index contributed by atoms with van der Waals surface area (Å²) in [5.74, 6) is -0.464. The molecule has 1 aromatic carbocycles. The molecular weight excluding hydrogens is 334 g/mol. The standard InChI is InChI=1S/C17H18ClNO3S/c1-4-22-14(20)9-13-10(2)15(19(3)17(13)23)16(21)11-5-7-12(18)8-6-11/h5-8,23H,4,9H2,1-3H3. The van der Waals surface area contributed by atoms with E-state index in [9.17, 15) is 9.59 Å². The van der Waals surface area contributed by atoms with Crippen LogP contribution in [0.4, 0.5) is 0 Å². The van der Waals surface area contributed by atoms with Crippen molar-refractivity contribution in [2.75, 3.05) is 6.61 Å². The number of carbonyl (C=O) groups is 2. The molecule has 1 heterocycles. The van der Waals surface area contributed by atoms with Gasteiger partial charge < -0.3 is 9.30 Å². The maximum Gasteiger partial charge on any atom is 0.310 e. The van der Waals surface area contributed by atoms with Gasteiger partial charge >= 0.3 is 5.97 Å². The average Bonchev–Trinajstić information content (AvgIpc) is 2.71. The molecule has 0 spiro atoms. The van der Waals surface area contributed by atoms with E-state index in [0.29, 0.717) is 33.5 Å². The lowest BCUT2D eigenvalue weighted by Crippen LogP contribution is -2.09. The Bertz CT molecular complexity index is 750. The summed E-state index contributed by atoms with van der Waals surface area (Å²) in [6.07, 6.45) is 0.0975. The van der Waals surface area contributed by atoms with Crippen LogP contribution < -0.4 is 0 Å². The SMILES string of the molecule is CCOC(=O)Cc1c(C)c(C(=O)c2ccc(Cl)cc2)n(C)c1S. The number of hydrogen-bond donors (Lipinski definition) is 1. The molecule has 0 N–H and O–H groups in total. The molecule has 1 aromatic heterocycles. The molecule has 2 rings (SSSR count). The fourth-order valence-corrected chi connectivity index (χ4v) is 2.97. The molecule has 0 atom stereocenters. The van der Waals surface area contributed by atoms with Crippen molar-refractivity contribution >= 4 is 36.0 Å². The number of aromatic nitrogens is 1. The van der Waals surface area contributed by atoms with Gasteiger partial charge in [-0.05, 0) is 49.2 Å². The lowest BCUT2D eigenvalue weighted by atomic mass is 10.0. The van der Waals surface area contributed by atoms with Crippen molar-refractivity contribution in [1.82, 2.24) is 4.57 Å². The molecule has 23 heavy (non-hydrogen) atoms. The monoisotopic (exact) mass is 351 g/mol. The maximum atomic E-state index is 12.8. The molecule has 0 saturated carbocycles. The molecule has 0 bridgehead atoms. The van der Waals surface area contributed by atoms with Crippen LogP contribution in [0, 0.1) is 6.92 Å². The fourth-order valence-electron chi connectivity index (χ4n) is 2.50. The van der Waals surface area contributed by atoms with Crippen LogP contribution in [0.5, 0.6) is 0 Å². The van der Waals surface area contributed by atoms with Gasteiger partial charge in [-0.15, -0.1) is 12.6 Å². The van der Waals surface area contributed by atoms with Gasteiger partial charge in [-0.25, -0.2) is 0 Å². The summed E-state index contributed by atoms with van der Waals surface area (Å²) in [6, 6.07) is 6.71. The third-order valence-electron chi connectivity index (χ3n) is 3.68. The second kappa shape index (κ2) is 7.23. The highest BCUT2D eigenvalue weighted by Crippen LogP contribution is 2.27. The van der Waals surface area contributed by atoms with E-state index in [1.165, 1.54) is 0 Å². The predicted octanol–water partition coefficient (Wildman–Crippen LogP) is 3.61. The Morgan fingerprint density at radius 1 is 1.26 bits per heavy atom. The van der Waals surface area contributed by atoms with Crippen molar-refractivity contribution in [2.45, 2.75) is 25.3 Å². The van der Waals surface area contributed by atoms with Gasteiger partial charge in [0.05, 0.1) is 23.7 Å². The Morgan fingerprint density at radius 2 is 1.87 bits per heavy atom. The third-order valence-corrected chi connectivity index (χ3v) is 4.50. The first kappa shape index (κ1) is 17.6. The summed E-state index contributed by atoms with van der Waals surface area (Å²) in [7, 11) is 1.76. The molecule has 0 saturated heterocycles. The number of ether oxygens (including phenoxy) is 1. The minimum atomic E-state index is -0.331. The molecule has 0 aliphatic rings. The van der Waals surface area contributed by atoms with E-state index >= 15 is 0 Å². The minimum absolute atomic E-state index is 0.0975. The second-order valence-electron chi connectivity index (χ2n) is 5.15. The Hall–Kier alpha value is -1.72. The Kier molecular flexibility index (Phi) is 5.55. The highest BCUT2D eigenvalue weighted by Gasteiger charge is 2.23. The first-order chi connectivity index (χ1) is 10.9. The molecule has 122 valence electrons. The third kappa shape index (κ3) is 3.62. The van der Waals surface area contributed by atoms with Crippen LogP contribution >= 0.6 is 24.2 Å². The first-order valence-electron chi connectivity index (χ1n) is 7.19. The lowest BCUT2D eigenvalue weighted by Gasteiger charge is -2.05. The summed E-state index contributed by atoms with van der Waals surface area (Å²) in [6.45, 7) is 3.90. The molecule has 0 aliphatic heterocycles. The summed E-state index contributed by atoms with van der Waals surface area (Å²) in [5.41, 5.74) is 2.50. The highest BCUT2D eigenvalue weighted by atomic mass is 35.5. The Balaban J connectivity index is 2.41. The van der Waals surface area contributed by atoms with Crippen molar-refractivity contribution in [2.24, 2.45) is 7.05 Å². The zero-order chi connectivity index (χ0) is 17.1. The topological polar surface area (TPSA) is 48.3 Å². The number of benzene rings is 1. The van der Waals surface area contributed by atoms with Crippen molar-refractivity contribution in [3.05, 3.63) is 51.7 Å². The van der Waals surface area contributed by atoms with Crippen molar-refractivity contribution in [3.63, 3.8) is 0 Å². The minimum Gasteiger partial charge on any atom is -0.466 e. The lowest BCUT2D eigenvalue weighted by molar-refractivity contribution is -0.142. The summed E-state index contributed by atoms with van der Waals surface area (Å²) < 4.78 is 6.68. The van der Waals surface area contributed by atoms with Crippen molar-refractivity contribution in [1.29, 1.82) is 0 Å². The van der Waals surface area contributed by atoms with Crippen LogP contribution in [0.2, 0.25) is 5.02 Å². The van der Waals surface area contributed by atoms with E-state index < -0.39 is 0 Å². The zero-order valence-corrected chi connectivity index (χ0v) is 14.9. The van der Waals surface area contributed by atoms with Gasteiger partial charge in [0.2, 0.25) is 5.78 Å². The maximum absolute atomic E-state index is 12.8. The highest BCUT2D eigenvalue weighted by molar-refractivity contribution is 7.80. The quantitative estimate of drug-likeness (QED) is 0.508. The molecule has 0 amide bonds. The van der Waals surface area contributed by atoms with Crippen LogP contribution in [-0.2, 0) is 23.0 Å². The van der Waals surface area contributed by atoms with Crippen LogP contribution in [0.25, 0.3) is 0 Å². The molecule has 0 aliphatic carbocycles. The number of esters is 1. The molecule has 0 fully saturated rings. The van der Waals surface area contributed by atoms with Gasteiger partial charge in [0, 0.05) is 17.6 Å². The number of nitrogens with zero attached hydrogens (tertiary/aromatic N) is 1. The molecule has 4 nitrogen and oxygen atoms in total. The van der Waals surface area contributed by atoms with E-state index in [0.717, 1.165) is 5.56 Å². The summed E-state index contributed by atoms with van der Waals surface area (Å²) in [5, 5.41) is 1.16. The summed E-state index contributed by atoms with van der Waals surface area (Å²) >= 11 is 10.3. The molecule has 2 aromatic rings. The smallest absolute Gasteiger partial charge is 0.310 e. The van der Waals surface area contributed by atoms with Gasteiger partial charge in [0.25, 0.3) is 0 Å². The largest absolute Gasteiger partial charge is 0.466 e. The number of thiol groups is 1. The van der Waals surface area contributed by atoms with Crippen LogP contribution in [-0.4, -0.2) is 22.9 Å². The second-order valence-corrected chi connectivity index (χ2v) is 6.01. The molecule has 0 radical (unpaired) electrons. The van der Waals surface area contributed by atoms with Crippen molar-refractivity contribution in [3.8, 4) is 0 Å². The first-order valence-corrected chi connectivity index (χ1v) is 8.02. The van der Waals surface area contributed by atoms with E-state index in [1.807, 2.05) is 6.92 Å². The zero-order valence-electron chi connectivity index (χ0n) is 13.2. The van der Waals surface area contributed by atoms with Gasteiger partial charge in [0.1, 0.15) is 0 Å². The fraction of sp³-hybridized carbons (Fsp3) is 0.294. The number of hydrogen-bond acceptors (Lipinski definition) is 4. The summed E-state index contributed by atoms with van der Waals surface area (Å²) in [4.78, 5) is 24.5. The normalized spacial score (nSPS) is 10.7. The van der Waals surface area contributed by atoms with Crippen LogP contribution in [0.15, 0.2) is 29.3 Å². The number of rotatable bonds is 5. The van der Waals surface area contributed by atoms with E-state index in [2.05, 4.69) is 12.6 Å². The molecule has 6 heteroatoms. The van der Waals surface area contributed by atoms with E-state index in [-0.39, 0.29) is 18.2 Å². The Labute approximate surface area is 145 Å². The number of ketones is 1. The average molecular weight is 352 g/mol. The predicted molar refractivity (Wildman–Crippen MR) is 92.6 cm³/mol. The molecular formula is C17H18ClNO3S.